The maximum absolute atomic E-state index is 13.4. The van der Waals surface area contributed by atoms with Crippen LogP contribution in [0, 0.1) is 5.82 Å². The molecule has 0 unspecified atom stereocenters. The molecule has 0 saturated heterocycles. The number of aromatic nitrogens is 4. The molecule has 0 saturated carbocycles. The fourth-order valence-corrected chi connectivity index (χ4v) is 4.84. The van der Waals surface area contributed by atoms with Crippen LogP contribution in [0.5, 0.6) is 5.75 Å². The number of amides is 1. The average molecular weight is 616 g/mol. The Morgan fingerprint density at radius 2 is 1.91 bits per heavy atom. The number of anilines is 3. The Balaban J connectivity index is 1.26. The first-order valence-corrected chi connectivity index (χ1v) is 15.1. The zero-order valence-corrected chi connectivity index (χ0v) is 25.1. The number of hydrogen-bond acceptors (Lipinski definition) is 11. The van der Waals surface area contributed by atoms with E-state index in [4.69, 9.17) is 18.3 Å². The standard InChI is InChI=1S/C28H35FN7O6P/c1-4-36(12-14-42-43(38,39-2)40-3)11-6-13-41-23-9-10-24-25(18-23)30-19-31-28(24)33-26-16-22(34-35-26)17-27(37)32-21-8-5-7-20(29)15-21/h5,7-10,15-16,18-19H,4,6,11-14,17H2,1-3H3,(H,32,37)(H2,30,31,33,34,35). The zero-order chi connectivity index (χ0) is 30.7. The molecule has 4 rings (SSSR count). The zero-order valence-electron chi connectivity index (χ0n) is 24.2. The molecular formula is C28H35FN7O6P. The molecule has 4 aromatic rings. The molecule has 1 amide bonds. The molecule has 0 bridgehead atoms. The van der Waals surface area contributed by atoms with Crippen molar-refractivity contribution in [2.45, 2.75) is 19.8 Å². The first-order chi connectivity index (χ1) is 20.8. The van der Waals surface area contributed by atoms with Crippen molar-refractivity contribution in [1.29, 1.82) is 0 Å². The minimum absolute atomic E-state index is 0.0317. The number of halogens is 1. The lowest BCUT2D eigenvalue weighted by Crippen LogP contribution is -2.29. The molecule has 0 atom stereocenters. The SMILES string of the molecule is CCN(CCCOc1ccc2c(Nc3cc(CC(=O)Nc4cccc(F)c4)[nH]n3)ncnc2c1)CCOP(=O)(OC)OC. The number of benzene rings is 2. The van der Waals surface area contributed by atoms with Gasteiger partial charge in [0.15, 0.2) is 5.82 Å². The molecule has 2 aromatic heterocycles. The van der Waals surface area contributed by atoms with Gasteiger partial charge in [0.1, 0.15) is 23.7 Å². The highest BCUT2D eigenvalue weighted by molar-refractivity contribution is 7.48. The van der Waals surface area contributed by atoms with Crippen molar-refractivity contribution >= 4 is 42.0 Å². The van der Waals surface area contributed by atoms with Crippen LogP contribution < -0.4 is 15.4 Å². The molecule has 0 aliphatic carbocycles. The summed E-state index contributed by atoms with van der Waals surface area (Å²) in [5.74, 6) is 0.969. The van der Waals surface area contributed by atoms with Gasteiger partial charge in [0.05, 0.1) is 25.2 Å². The van der Waals surface area contributed by atoms with Gasteiger partial charge in [-0.2, -0.15) is 5.10 Å². The van der Waals surface area contributed by atoms with E-state index in [1.807, 2.05) is 25.1 Å². The molecule has 3 N–H and O–H groups in total. The van der Waals surface area contributed by atoms with E-state index < -0.39 is 13.6 Å². The van der Waals surface area contributed by atoms with Crippen molar-refractivity contribution in [1.82, 2.24) is 25.1 Å². The van der Waals surface area contributed by atoms with Gasteiger partial charge >= 0.3 is 7.82 Å². The normalized spacial score (nSPS) is 11.7. The van der Waals surface area contributed by atoms with E-state index in [1.54, 1.807) is 12.1 Å². The van der Waals surface area contributed by atoms with E-state index in [1.165, 1.54) is 38.7 Å². The fourth-order valence-electron chi connectivity index (χ4n) is 4.18. The van der Waals surface area contributed by atoms with E-state index >= 15 is 0 Å². The van der Waals surface area contributed by atoms with Gasteiger partial charge in [0.2, 0.25) is 5.91 Å². The molecule has 13 nitrogen and oxygen atoms in total. The van der Waals surface area contributed by atoms with Crippen molar-refractivity contribution in [3.63, 3.8) is 0 Å². The highest BCUT2D eigenvalue weighted by Gasteiger charge is 2.22. The molecule has 43 heavy (non-hydrogen) atoms. The third-order valence-corrected chi connectivity index (χ3v) is 7.78. The summed E-state index contributed by atoms with van der Waals surface area (Å²) in [4.78, 5) is 23.2. The largest absolute Gasteiger partial charge is 0.493 e. The van der Waals surface area contributed by atoms with Gasteiger partial charge in [-0.25, -0.2) is 18.9 Å². The van der Waals surface area contributed by atoms with E-state index in [2.05, 4.69) is 35.7 Å². The summed E-state index contributed by atoms with van der Waals surface area (Å²) in [5, 5.41) is 13.6. The highest BCUT2D eigenvalue weighted by atomic mass is 31.2. The van der Waals surface area contributed by atoms with Crippen molar-refractivity contribution in [2.75, 3.05) is 57.7 Å². The number of phosphoric ester groups is 1. The van der Waals surface area contributed by atoms with Gasteiger partial charge in [-0.3, -0.25) is 23.5 Å². The van der Waals surface area contributed by atoms with Crippen molar-refractivity contribution < 1.29 is 32.1 Å². The van der Waals surface area contributed by atoms with E-state index in [-0.39, 0.29) is 18.9 Å². The van der Waals surface area contributed by atoms with Crippen LogP contribution in [0.3, 0.4) is 0 Å². The third-order valence-electron chi connectivity index (χ3n) is 6.38. The fraction of sp³-hybridized carbons (Fsp3) is 0.357. The van der Waals surface area contributed by atoms with Gasteiger partial charge in [0, 0.05) is 56.2 Å². The number of phosphoric acid groups is 1. The summed E-state index contributed by atoms with van der Waals surface area (Å²) in [6, 6.07) is 13.0. The van der Waals surface area contributed by atoms with E-state index in [0.717, 1.165) is 24.9 Å². The smallest absolute Gasteiger partial charge is 0.474 e. The van der Waals surface area contributed by atoms with Gasteiger partial charge in [-0.1, -0.05) is 13.0 Å². The third kappa shape index (κ3) is 9.53. The number of likely N-dealkylation sites (N-methyl/N-ethyl adjacent to an activating group) is 1. The summed E-state index contributed by atoms with van der Waals surface area (Å²) in [5.41, 5.74) is 1.64. The summed E-state index contributed by atoms with van der Waals surface area (Å²) < 4.78 is 46.1. The van der Waals surface area contributed by atoms with Crippen molar-refractivity contribution in [3.8, 4) is 5.75 Å². The van der Waals surface area contributed by atoms with Crippen molar-refractivity contribution in [3.05, 3.63) is 66.4 Å². The Hall–Kier alpha value is -3.94. The molecule has 0 aliphatic heterocycles. The van der Waals surface area contributed by atoms with Crippen LogP contribution in [-0.2, 0) is 29.4 Å². The van der Waals surface area contributed by atoms with Crippen LogP contribution in [0.2, 0.25) is 0 Å². The van der Waals surface area contributed by atoms with Gasteiger partial charge in [-0.05, 0) is 43.3 Å². The predicted molar refractivity (Wildman–Crippen MR) is 160 cm³/mol. The number of fused-ring (bicyclic) bond motifs is 1. The minimum atomic E-state index is -3.48. The number of ether oxygens (including phenoxy) is 1. The Labute approximate surface area is 248 Å². The topological polar surface area (TPSA) is 153 Å². The second-order valence-corrected chi connectivity index (χ2v) is 11.2. The summed E-state index contributed by atoms with van der Waals surface area (Å²) in [6.45, 7) is 4.91. The summed E-state index contributed by atoms with van der Waals surface area (Å²) in [6.07, 6.45) is 2.25. The number of nitrogens with zero attached hydrogens (tertiary/aromatic N) is 4. The molecule has 0 fully saturated rings. The number of aromatic amines is 1. The molecular weight excluding hydrogens is 580 g/mol. The lowest BCUT2D eigenvalue weighted by molar-refractivity contribution is -0.115. The second-order valence-electron chi connectivity index (χ2n) is 9.32. The maximum Gasteiger partial charge on any atom is 0.474 e. The Kier molecular flexibility index (Phi) is 11.5. The Bertz CT molecular complexity index is 1550. The minimum Gasteiger partial charge on any atom is -0.493 e. The average Bonchev–Trinajstić information content (AvgIpc) is 3.44. The first-order valence-electron chi connectivity index (χ1n) is 13.6. The van der Waals surface area contributed by atoms with Crippen LogP contribution in [0.1, 0.15) is 19.0 Å². The molecule has 15 heteroatoms. The first kappa shape index (κ1) is 32.0. The molecule has 230 valence electrons. The lowest BCUT2D eigenvalue weighted by atomic mass is 10.2. The number of H-pyrrole nitrogens is 1. The Morgan fingerprint density at radius 3 is 2.67 bits per heavy atom. The highest BCUT2D eigenvalue weighted by Crippen LogP contribution is 2.47. The van der Waals surface area contributed by atoms with Crippen LogP contribution in [0.4, 0.5) is 21.7 Å². The second kappa shape index (κ2) is 15.5. The molecule has 2 heterocycles. The molecule has 2 aromatic carbocycles. The summed E-state index contributed by atoms with van der Waals surface area (Å²) in [7, 11) is -0.905. The van der Waals surface area contributed by atoms with Crippen molar-refractivity contribution in [2.24, 2.45) is 0 Å². The number of rotatable bonds is 17. The van der Waals surface area contributed by atoms with Gasteiger partial charge in [-0.15, -0.1) is 0 Å². The van der Waals surface area contributed by atoms with Crippen LogP contribution in [-0.4, -0.2) is 78.0 Å². The van der Waals surface area contributed by atoms with Crippen LogP contribution >= 0.6 is 7.82 Å². The maximum atomic E-state index is 13.4. The van der Waals surface area contributed by atoms with Crippen LogP contribution in [0.15, 0.2) is 54.9 Å². The van der Waals surface area contributed by atoms with Crippen LogP contribution in [0.25, 0.3) is 10.9 Å². The lowest BCUT2D eigenvalue weighted by Gasteiger charge is -2.21. The predicted octanol–water partition coefficient (Wildman–Crippen LogP) is 4.93. The quantitative estimate of drug-likeness (QED) is 0.110. The van der Waals surface area contributed by atoms with Gasteiger partial charge < -0.3 is 20.3 Å². The van der Waals surface area contributed by atoms with E-state index in [9.17, 15) is 13.8 Å². The molecule has 0 radical (unpaired) electrons. The number of carbonyl (C=O) groups is 1. The summed E-state index contributed by atoms with van der Waals surface area (Å²) >= 11 is 0. The monoisotopic (exact) mass is 615 g/mol. The number of hydrogen-bond donors (Lipinski definition) is 3. The number of nitrogens with one attached hydrogen (secondary N) is 3. The van der Waals surface area contributed by atoms with Gasteiger partial charge in [0.25, 0.3) is 0 Å². The number of carbonyl (C=O) groups excluding carboxylic acids is 1. The Morgan fingerprint density at radius 1 is 1.07 bits per heavy atom. The molecule has 0 aliphatic rings. The molecule has 0 spiro atoms. The van der Waals surface area contributed by atoms with E-state index in [0.29, 0.717) is 47.4 Å².